The van der Waals surface area contributed by atoms with Crippen molar-refractivity contribution in [3.05, 3.63) is 83.8 Å². The molecule has 7 nitrogen and oxygen atoms in total. The molecule has 0 atom stereocenters. The minimum Gasteiger partial charge on any atom is -0.497 e. The topological polar surface area (TPSA) is 97.1 Å². The maximum Gasteiger partial charge on any atom is 0.371 e. The zero-order valence-corrected chi connectivity index (χ0v) is 15.9. The van der Waals surface area contributed by atoms with E-state index < -0.39 is 16.0 Å². The first kappa shape index (κ1) is 19.7. The highest BCUT2D eigenvalue weighted by molar-refractivity contribution is 7.89. The molecule has 8 heteroatoms. The summed E-state index contributed by atoms with van der Waals surface area (Å²) in [5, 5.41) is 9.02. The highest BCUT2D eigenvalue weighted by Crippen LogP contribution is 2.24. The number of sulfonamides is 1. The molecule has 146 valence electrons. The lowest BCUT2D eigenvalue weighted by Gasteiger charge is -2.21. The van der Waals surface area contributed by atoms with Crippen molar-refractivity contribution in [1.29, 1.82) is 0 Å². The number of aromatic carboxylic acids is 1. The van der Waals surface area contributed by atoms with Crippen molar-refractivity contribution >= 4 is 16.0 Å². The second-order valence-corrected chi connectivity index (χ2v) is 7.94. The number of hydrogen-bond donors (Lipinski definition) is 1. The number of hydrogen-bond acceptors (Lipinski definition) is 5. The third kappa shape index (κ3) is 4.41. The van der Waals surface area contributed by atoms with Crippen LogP contribution < -0.4 is 4.74 Å². The van der Waals surface area contributed by atoms with Gasteiger partial charge in [-0.25, -0.2) is 13.2 Å². The number of rotatable bonds is 8. The van der Waals surface area contributed by atoms with Gasteiger partial charge >= 0.3 is 5.97 Å². The van der Waals surface area contributed by atoms with Crippen LogP contribution >= 0.6 is 0 Å². The fraction of sp³-hybridized carbons (Fsp3) is 0.150. The van der Waals surface area contributed by atoms with Crippen molar-refractivity contribution in [2.24, 2.45) is 0 Å². The molecule has 0 unspecified atom stereocenters. The average Bonchev–Trinajstić information content (AvgIpc) is 3.17. The average molecular weight is 401 g/mol. The number of benzene rings is 2. The number of nitrogens with zero attached hydrogens (tertiary/aromatic N) is 1. The van der Waals surface area contributed by atoms with Gasteiger partial charge in [-0.1, -0.05) is 30.3 Å². The Morgan fingerprint density at radius 1 is 1.00 bits per heavy atom. The standard InChI is InChI=1S/C20H19NO6S/c1-26-16-7-10-18(11-8-16)28(24,25)21(13-15-5-3-2-4-6-15)14-17-9-12-19(27-17)20(22)23/h2-12H,13-14H2,1H3,(H,22,23). The third-order valence-electron chi connectivity index (χ3n) is 4.10. The first-order valence-corrected chi connectivity index (χ1v) is 9.84. The van der Waals surface area contributed by atoms with Gasteiger partial charge in [0.1, 0.15) is 11.5 Å². The van der Waals surface area contributed by atoms with Crippen LogP contribution in [0.4, 0.5) is 0 Å². The molecule has 0 spiro atoms. The molecular formula is C20H19NO6S. The molecule has 28 heavy (non-hydrogen) atoms. The molecule has 0 aliphatic heterocycles. The summed E-state index contributed by atoms with van der Waals surface area (Å²) < 4.78 is 38.0. The molecule has 3 aromatic rings. The minimum absolute atomic E-state index is 0.101. The summed E-state index contributed by atoms with van der Waals surface area (Å²) in [6.45, 7) is 0.00877. The van der Waals surface area contributed by atoms with E-state index in [4.69, 9.17) is 14.3 Å². The molecule has 0 aliphatic carbocycles. The lowest BCUT2D eigenvalue weighted by Crippen LogP contribution is -2.30. The molecule has 0 saturated carbocycles. The summed E-state index contributed by atoms with van der Waals surface area (Å²) in [5.41, 5.74) is 0.796. The predicted molar refractivity (Wildman–Crippen MR) is 102 cm³/mol. The molecule has 0 amide bonds. The van der Waals surface area contributed by atoms with Crippen molar-refractivity contribution in [3.8, 4) is 5.75 Å². The Morgan fingerprint density at radius 2 is 1.68 bits per heavy atom. The second kappa shape index (κ2) is 8.28. The lowest BCUT2D eigenvalue weighted by atomic mass is 10.2. The Hall–Kier alpha value is -3.10. The van der Waals surface area contributed by atoms with Crippen molar-refractivity contribution < 1.29 is 27.5 Å². The Kier molecular flexibility index (Phi) is 5.81. The van der Waals surface area contributed by atoms with Gasteiger partial charge in [-0.15, -0.1) is 0 Å². The van der Waals surface area contributed by atoms with Crippen LogP contribution in [-0.4, -0.2) is 30.9 Å². The van der Waals surface area contributed by atoms with Crippen molar-refractivity contribution in [2.75, 3.05) is 7.11 Å². The number of furan rings is 1. The van der Waals surface area contributed by atoms with Gasteiger partial charge in [0.25, 0.3) is 0 Å². The maximum atomic E-state index is 13.2. The largest absolute Gasteiger partial charge is 0.497 e. The molecule has 1 heterocycles. The summed E-state index contributed by atoms with van der Waals surface area (Å²) in [6, 6.07) is 18.0. The van der Waals surface area contributed by atoms with E-state index in [0.29, 0.717) is 5.75 Å². The van der Waals surface area contributed by atoms with Gasteiger partial charge in [-0.3, -0.25) is 0 Å². The quantitative estimate of drug-likeness (QED) is 0.622. The number of carbonyl (C=O) groups is 1. The first-order valence-electron chi connectivity index (χ1n) is 8.40. The smallest absolute Gasteiger partial charge is 0.371 e. The number of carboxylic acids is 1. The van der Waals surface area contributed by atoms with Crippen LogP contribution in [0.25, 0.3) is 0 Å². The zero-order chi connectivity index (χ0) is 20.1. The number of ether oxygens (including phenoxy) is 1. The van der Waals surface area contributed by atoms with Crippen LogP contribution in [0.1, 0.15) is 21.9 Å². The molecule has 1 N–H and O–H groups in total. The summed E-state index contributed by atoms with van der Waals surface area (Å²) >= 11 is 0. The second-order valence-electron chi connectivity index (χ2n) is 6.01. The van der Waals surface area contributed by atoms with Crippen LogP contribution in [0.15, 0.2) is 76.0 Å². The zero-order valence-electron chi connectivity index (χ0n) is 15.1. The van der Waals surface area contributed by atoms with Gasteiger partial charge in [0.2, 0.25) is 15.8 Å². The van der Waals surface area contributed by atoms with Crippen molar-refractivity contribution in [1.82, 2.24) is 4.31 Å². The van der Waals surface area contributed by atoms with E-state index in [0.717, 1.165) is 5.56 Å². The molecule has 0 radical (unpaired) electrons. The highest BCUT2D eigenvalue weighted by atomic mass is 32.2. The fourth-order valence-corrected chi connectivity index (χ4v) is 4.06. The van der Waals surface area contributed by atoms with Crippen molar-refractivity contribution in [3.63, 3.8) is 0 Å². The van der Waals surface area contributed by atoms with E-state index in [1.165, 1.54) is 35.7 Å². The van der Waals surface area contributed by atoms with E-state index in [1.54, 1.807) is 12.1 Å². The Labute approximate surface area is 162 Å². The van der Waals surface area contributed by atoms with Gasteiger partial charge in [-0.2, -0.15) is 4.31 Å². The maximum absolute atomic E-state index is 13.2. The molecule has 3 rings (SSSR count). The summed E-state index contributed by atoms with van der Waals surface area (Å²) in [6.07, 6.45) is 0. The monoisotopic (exact) mass is 401 g/mol. The van der Waals surface area contributed by atoms with Gasteiger partial charge in [0.15, 0.2) is 0 Å². The molecule has 0 saturated heterocycles. The SMILES string of the molecule is COc1ccc(S(=O)(=O)N(Cc2ccccc2)Cc2ccc(C(=O)O)o2)cc1. The molecular weight excluding hydrogens is 382 g/mol. The highest BCUT2D eigenvalue weighted by Gasteiger charge is 2.26. The third-order valence-corrected chi connectivity index (χ3v) is 5.91. The van der Waals surface area contributed by atoms with Crippen LogP contribution in [-0.2, 0) is 23.1 Å². The molecule has 0 fully saturated rings. The summed E-state index contributed by atoms with van der Waals surface area (Å²) in [5.74, 6) is -0.661. The van der Waals surface area contributed by atoms with Gasteiger partial charge in [0, 0.05) is 6.54 Å². The predicted octanol–water partition coefficient (Wildman–Crippen LogP) is 3.38. The molecule has 0 bridgehead atoms. The van der Waals surface area contributed by atoms with Crippen LogP contribution in [0, 0.1) is 0 Å². The van der Waals surface area contributed by atoms with Crippen LogP contribution in [0.3, 0.4) is 0 Å². The minimum atomic E-state index is -3.86. The Morgan fingerprint density at radius 3 is 2.25 bits per heavy atom. The Bertz CT molecular complexity index is 1040. The fourth-order valence-electron chi connectivity index (χ4n) is 2.66. The molecule has 0 aliphatic rings. The molecule has 2 aromatic carbocycles. The van der Waals surface area contributed by atoms with Crippen LogP contribution in [0.2, 0.25) is 0 Å². The first-order chi connectivity index (χ1) is 13.4. The van der Waals surface area contributed by atoms with Crippen molar-refractivity contribution in [2.45, 2.75) is 18.0 Å². The van der Waals surface area contributed by atoms with Gasteiger partial charge < -0.3 is 14.3 Å². The summed E-state index contributed by atoms with van der Waals surface area (Å²) in [4.78, 5) is 11.1. The van der Waals surface area contributed by atoms with E-state index in [2.05, 4.69) is 0 Å². The van der Waals surface area contributed by atoms with E-state index in [1.807, 2.05) is 30.3 Å². The lowest BCUT2D eigenvalue weighted by molar-refractivity contribution is 0.0659. The normalized spacial score (nSPS) is 11.5. The van der Waals surface area contributed by atoms with E-state index >= 15 is 0 Å². The number of methoxy groups -OCH3 is 1. The Balaban J connectivity index is 1.94. The summed E-state index contributed by atoms with van der Waals surface area (Å²) in [7, 11) is -2.36. The van der Waals surface area contributed by atoms with Crippen LogP contribution in [0.5, 0.6) is 5.75 Å². The van der Waals surface area contributed by atoms with Gasteiger partial charge in [0.05, 0.1) is 18.6 Å². The van der Waals surface area contributed by atoms with Gasteiger partial charge in [-0.05, 0) is 42.0 Å². The van der Waals surface area contributed by atoms with E-state index in [9.17, 15) is 13.2 Å². The van der Waals surface area contributed by atoms with E-state index in [-0.39, 0.29) is 29.5 Å². The number of carboxylic acid groups (broad SMARTS) is 1. The molecule has 1 aromatic heterocycles.